The van der Waals surface area contributed by atoms with Crippen molar-refractivity contribution >= 4 is 53.9 Å². The number of fused-ring (bicyclic) bond motifs is 5. The van der Waals surface area contributed by atoms with Crippen LogP contribution in [0.4, 0.5) is 0 Å². The highest BCUT2D eigenvalue weighted by Gasteiger charge is 2.19. The van der Waals surface area contributed by atoms with E-state index in [0.29, 0.717) is 0 Å². The highest BCUT2D eigenvalue weighted by molar-refractivity contribution is 6.24. The molecule has 0 heterocycles. The van der Waals surface area contributed by atoms with Gasteiger partial charge in [-0.25, -0.2) is 0 Å². The molecular weight excluding hydrogens is 601 g/mol. The van der Waals surface area contributed by atoms with Crippen molar-refractivity contribution in [3.63, 3.8) is 0 Å². The maximum Gasteiger partial charge on any atom is 0.0636 e. The zero-order valence-electron chi connectivity index (χ0n) is 56.1. The Morgan fingerprint density at radius 2 is 0.720 bits per heavy atom. The van der Waals surface area contributed by atoms with Crippen LogP contribution in [0.1, 0.15) is 42.5 Å². The van der Waals surface area contributed by atoms with Gasteiger partial charge >= 0.3 is 0 Å². The zero-order chi connectivity index (χ0) is 60.0. The third-order valence-electron chi connectivity index (χ3n) is 8.01. The van der Waals surface area contributed by atoms with E-state index in [1.807, 2.05) is 0 Å². The monoisotopic (exact) mass is 663 g/mol. The van der Waals surface area contributed by atoms with Gasteiger partial charge in [0.05, 0.1) is 42.5 Å². The van der Waals surface area contributed by atoms with Crippen LogP contribution in [0, 0.1) is 0 Å². The minimum absolute atomic E-state index is 0.428. The van der Waals surface area contributed by atoms with Crippen molar-refractivity contribution < 1.29 is 42.5 Å². The first-order valence-electron chi connectivity index (χ1n) is 30.3. The standard InChI is InChI=1S/C50H32/c1-3-13-38-30-40(26-22-33(38)10-1)35-20-24-37(25-21-35)49-45-17-7-8-18-46(45)50(44-19-9-15-36-12-5-6-16-43(36)44)47-29-28-42(32-48(47)49)41-27-23-34-11-2-4-14-39(34)31-41/h1-32H/i1D,2D,3D,4D,5D,6D,7D,8D,9D,10D,11D,12D,13D,14D,16D,17D,18D,19D,20D,21D,22D,23D,24D,25D,26D,27D,28D,29D,30D,31D,32D. The van der Waals surface area contributed by atoms with Gasteiger partial charge < -0.3 is 0 Å². The molecular formula is C50H32. The highest BCUT2D eigenvalue weighted by Crippen LogP contribution is 2.46. The van der Waals surface area contributed by atoms with Gasteiger partial charge in [0, 0.05) is 0 Å². The Hall–Kier alpha value is -6.50. The minimum Gasteiger partial charge on any atom is -0.0616 e. The fourth-order valence-electron chi connectivity index (χ4n) is 5.78. The zero-order valence-corrected chi connectivity index (χ0v) is 25.1. The second-order valence-corrected chi connectivity index (χ2v) is 10.8. The molecule has 0 bridgehead atoms. The molecule has 0 radical (unpaired) electrons. The van der Waals surface area contributed by atoms with Crippen LogP contribution < -0.4 is 0 Å². The topological polar surface area (TPSA) is 0 Å². The molecule has 0 N–H and O–H groups in total. The van der Waals surface area contributed by atoms with Gasteiger partial charge in [0.15, 0.2) is 0 Å². The SMILES string of the molecule is [2H]c1cc2c([2H])c([2H])c([2H])c([2H])c2c(-c2c3c([2H])c([2H])c([2H])c([2H])c3c(-c3c([2H])c([2H])c(-c4c([2H])c([2H])c5c([2H])c([2H])c([2H])c([2H])c5c4[2H])c([2H])c3[2H])c3c([2H])c(-c4c([2H])c([2H])c5c([2H])c([2H])c([2H])c([2H])c5c4[2H])c([2H])c([2H])c23)c1[2H]. The molecule has 0 heteroatoms. The van der Waals surface area contributed by atoms with E-state index in [1.54, 1.807) is 0 Å². The lowest BCUT2D eigenvalue weighted by atomic mass is 9.83. The van der Waals surface area contributed by atoms with Crippen molar-refractivity contribution in [1.29, 1.82) is 0 Å². The quantitative estimate of drug-likeness (QED) is 0.164. The molecule has 0 aliphatic rings. The molecule has 0 atom stereocenters. The summed E-state index contributed by atoms with van der Waals surface area (Å²) in [4.78, 5) is 0. The van der Waals surface area contributed by atoms with Crippen LogP contribution >= 0.6 is 0 Å². The average Bonchev–Trinajstić information content (AvgIpc) is 3.61. The summed E-state index contributed by atoms with van der Waals surface area (Å²) in [6.07, 6.45) is 0. The summed E-state index contributed by atoms with van der Waals surface area (Å²) < 4.78 is 282. The maximum absolute atomic E-state index is 10.2. The van der Waals surface area contributed by atoms with E-state index in [1.165, 1.54) is 0 Å². The lowest BCUT2D eigenvalue weighted by molar-refractivity contribution is 1.62. The molecule has 0 aliphatic carbocycles. The lowest BCUT2D eigenvalue weighted by Crippen LogP contribution is -1.92. The van der Waals surface area contributed by atoms with Gasteiger partial charge in [0.2, 0.25) is 0 Å². The van der Waals surface area contributed by atoms with E-state index in [0.717, 1.165) is 6.07 Å². The van der Waals surface area contributed by atoms with Gasteiger partial charge in [-0.1, -0.05) is 175 Å². The predicted molar refractivity (Wildman–Crippen MR) is 216 cm³/mol. The molecule has 0 nitrogen and oxygen atoms in total. The Labute approximate surface area is 335 Å². The Balaban J connectivity index is 1.53. The minimum atomic E-state index is -1.19. The fraction of sp³-hybridized carbons (Fsp3) is 0. The first-order valence-corrected chi connectivity index (χ1v) is 14.8. The van der Waals surface area contributed by atoms with E-state index in [-0.39, 0.29) is 0 Å². The number of hydrogen-bond donors (Lipinski definition) is 0. The van der Waals surface area contributed by atoms with Gasteiger partial charge in [-0.2, -0.15) is 0 Å². The molecule has 0 aromatic heterocycles. The molecule has 0 amide bonds. The summed E-state index contributed by atoms with van der Waals surface area (Å²) in [6.45, 7) is 0. The van der Waals surface area contributed by atoms with Crippen LogP contribution in [-0.2, 0) is 0 Å². The second-order valence-electron chi connectivity index (χ2n) is 10.8. The van der Waals surface area contributed by atoms with E-state index >= 15 is 0 Å². The van der Waals surface area contributed by atoms with Crippen LogP contribution in [-0.4, -0.2) is 0 Å². The molecule has 10 rings (SSSR count). The molecule has 10 aromatic rings. The molecule has 0 aliphatic heterocycles. The van der Waals surface area contributed by atoms with Gasteiger partial charge in [-0.05, 0) is 116 Å². The number of benzene rings is 10. The Morgan fingerprint density at radius 1 is 0.260 bits per heavy atom. The molecule has 10 aromatic carbocycles. The average molecular weight is 664 g/mol. The molecule has 0 unspecified atom stereocenters. The summed E-state index contributed by atoms with van der Waals surface area (Å²) >= 11 is 0. The predicted octanol–water partition coefficient (Wildman–Crippen LogP) is 14.1. The molecule has 0 fully saturated rings. The van der Waals surface area contributed by atoms with E-state index < -0.39 is 286 Å². The van der Waals surface area contributed by atoms with Crippen LogP contribution in [0.3, 0.4) is 0 Å². The van der Waals surface area contributed by atoms with Crippen LogP contribution in [0.5, 0.6) is 0 Å². The van der Waals surface area contributed by atoms with Crippen molar-refractivity contribution in [2.45, 2.75) is 0 Å². The summed E-state index contributed by atoms with van der Waals surface area (Å²) in [7, 11) is 0. The maximum atomic E-state index is 10.2. The van der Waals surface area contributed by atoms with Gasteiger partial charge in [0.1, 0.15) is 0 Å². The summed E-state index contributed by atoms with van der Waals surface area (Å²) in [5, 5.41) is -6.89. The van der Waals surface area contributed by atoms with Crippen molar-refractivity contribution in [2.24, 2.45) is 0 Å². The van der Waals surface area contributed by atoms with Crippen LogP contribution in [0.15, 0.2) is 193 Å². The van der Waals surface area contributed by atoms with Crippen LogP contribution in [0.2, 0.25) is 0 Å². The van der Waals surface area contributed by atoms with Gasteiger partial charge in [-0.15, -0.1) is 0 Å². The molecule has 0 saturated heterocycles. The van der Waals surface area contributed by atoms with E-state index in [2.05, 4.69) is 0 Å². The Morgan fingerprint density at radius 3 is 1.40 bits per heavy atom. The van der Waals surface area contributed by atoms with Crippen LogP contribution in [0.25, 0.3) is 98.4 Å². The van der Waals surface area contributed by atoms with Gasteiger partial charge in [-0.3, -0.25) is 0 Å². The summed E-state index contributed by atoms with van der Waals surface area (Å²) in [5.41, 5.74) is -6.92. The number of rotatable bonds is 4. The summed E-state index contributed by atoms with van der Waals surface area (Å²) in [5.74, 6) is 0. The highest BCUT2D eigenvalue weighted by atomic mass is 14.2. The third-order valence-corrected chi connectivity index (χ3v) is 8.01. The number of hydrogen-bond acceptors (Lipinski definition) is 0. The first kappa shape index (κ1) is 11.3. The molecule has 0 spiro atoms. The van der Waals surface area contributed by atoms with Crippen molar-refractivity contribution in [3.8, 4) is 44.5 Å². The first-order chi connectivity index (χ1) is 37.7. The lowest BCUT2D eigenvalue weighted by Gasteiger charge is -2.20. The second kappa shape index (κ2) is 11.6. The third kappa shape index (κ3) is 4.69. The van der Waals surface area contributed by atoms with Crippen molar-refractivity contribution in [1.82, 2.24) is 0 Å². The Kier molecular flexibility index (Phi) is 2.61. The normalized spacial score (nSPS) is 20.3. The van der Waals surface area contributed by atoms with E-state index in [4.69, 9.17) is 24.7 Å². The Bertz CT molecular complexity index is 4670. The van der Waals surface area contributed by atoms with E-state index in [9.17, 15) is 17.8 Å². The smallest absolute Gasteiger partial charge is 0.0616 e. The molecule has 232 valence electrons. The molecule has 0 saturated carbocycles. The molecule has 50 heavy (non-hydrogen) atoms. The largest absolute Gasteiger partial charge is 0.0636 e. The summed E-state index contributed by atoms with van der Waals surface area (Å²) in [6, 6.07) is -29.0. The van der Waals surface area contributed by atoms with Crippen molar-refractivity contribution in [3.05, 3.63) is 193 Å². The van der Waals surface area contributed by atoms with Crippen molar-refractivity contribution in [2.75, 3.05) is 0 Å². The fourth-order valence-corrected chi connectivity index (χ4v) is 5.78. The van der Waals surface area contributed by atoms with Gasteiger partial charge in [0.25, 0.3) is 0 Å².